The average molecular weight is 435 g/mol. The van der Waals surface area contributed by atoms with Gasteiger partial charge < -0.3 is 43.0 Å². The Morgan fingerprint density at radius 2 is 1.74 bits per heavy atom. The van der Waals surface area contributed by atoms with Gasteiger partial charge in [-0.15, -0.1) is 0 Å². The smallest absolute Gasteiger partial charge is 0.137 e. The minimum Gasteiger partial charge on any atom is -1.00 e. The van der Waals surface area contributed by atoms with E-state index in [0.29, 0.717) is 13.2 Å². The Morgan fingerprint density at radius 1 is 1.17 bits per heavy atom. The maximum absolute atomic E-state index is 10.2. The van der Waals surface area contributed by atoms with E-state index in [2.05, 4.69) is 40.0 Å². The molecule has 5 heteroatoms. The predicted molar refractivity (Wildman–Crippen MR) is 88.2 cm³/mol. The quantitative estimate of drug-likeness (QED) is 0.487. The fourth-order valence-corrected chi connectivity index (χ4v) is 2.77. The third-order valence-corrected chi connectivity index (χ3v) is 4.37. The Labute approximate surface area is 157 Å². The van der Waals surface area contributed by atoms with E-state index in [1.54, 1.807) is 0 Å². The van der Waals surface area contributed by atoms with Gasteiger partial charge in [0, 0.05) is 0 Å². The van der Waals surface area contributed by atoms with E-state index in [-0.39, 0.29) is 29.4 Å². The first kappa shape index (κ1) is 20.7. The van der Waals surface area contributed by atoms with Crippen molar-refractivity contribution in [2.75, 3.05) is 46.5 Å². The molecular formula is C18H30INO3. The number of halogens is 1. The molecule has 0 bridgehead atoms. The summed E-state index contributed by atoms with van der Waals surface area (Å²) in [5, 5.41) is 10.2. The summed E-state index contributed by atoms with van der Waals surface area (Å²) >= 11 is 0. The molecular weight excluding hydrogens is 405 g/mol. The second kappa shape index (κ2) is 8.65. The number of ether oxygens (including phenoxy) is 2. The van der Waals surface area contributed by atoms with Crippen LogP contribution in [-0.2, 0) is 10.2 Å². The summed E-state index contributed by atoms with van der Waals surface area (Å²) in [6.07, 6.45) is -0.453. The number of aliphatic hydroxyl groups excluding tert-OH is 1. The van der Waals surface area contributed by atoms with Crippen molar-refractivity contribution in [3.8, 4) is 5.75 Å². The van der Waals surface area contributed by atoms with Crippen LogP contribution in [0.1, 0.15) is 26.3 Å². The Bertz CT molecular complexity index is 464. The molecule has 1 N–H and O–H groups in total. The summed E-state index contributed by atoms with van der Waals surface area (Å²) in [5.74, 6) is 0.816. The first-order chi connectivity index (χ1) is 10.3. The molecule has 0 saturated carbocycles. The first-order valence-corrected chi connectivity index (χ1v) is 8.11. The molecule has 1 heterocycles. The lowest BCUT2D eigenvalue weighted by Gasteiger charge is -2.38. The van der Waals surface area contributed by atoms with E-state index in [9.17, 15) is 5.11 Å². The van der Waals surface area contributed by atoms with Crippen molar-refractivity contribution in [3.63, 3.8) is 0 Å². The normalized spacial score (nSPS) is 18.8. The highest BCUT2D eigenvalue weighted by Gasteiger charge is 2.28. The van der Waals surface area contributed by atoms with Crippen LogP contribution in [0.3, 0.4) is 0 Å². The summed E-state index contributed by atoms with van der Waals surface area (Å²) in [6, 6.07) is 8.16. The maximum Gasteiger partial charge on any atom is 0.137 e. The zero-order valence-corrected chi connectivity index (χ0v) is 16.9. The lowest BCUT2D eigenvalue weighted by molar-refractivity contribution is -0.919. The van der Waals surface area contributed by atoms with Crippen molar-refractivity contribution in [2.45, 2.75) is 32.3 Å². The second-order valence-corrected chi connectivity index (χ2v) is 7.60. The molecule has 1 aliphatic heterocycles. The molecule has 1 aromatic carbocycles. The van der Waals surface area contributed by atoms with Crippen molar-refractivity contribution in [2.24, 2.45) is 0 Å². The zero-order chi connectivity index (χ0) is 16.2. The highest BCUT2D eigenvalue weighted by atomic mass is 127. The van der Waals surface area contributed by atoms with Crippen molar-refractivity contribution in [3.05, 3.63) is 29.8 Å². The molecule has 0 aromatic heterocycles. The van der Waals surface area contributed by atoms with Crippen LogP contribution in [0.4, 0.5) is 0 Å². The highest BCUT2D eigenvalue weighted by molar-refractivity contribution is 5.31. The van der Waals surface area contributed by atoms with Crippen molar-refractivity contribution < 1.29 is 43.0 Å². The van der Waals surface area contributed by atoms with Gasteiger partial charge in [-0.2, -0.15) is 0 Å². The Hall–Kier alpha value is -0.370. The summed E-state index contributed by atoms with van der Waals surface area (Å²) < 4.78 is 12.0. The van der Waals surface area contributed by atoms with Gasteiger partial charge in [-0.3, -0.25) is 0 Å². The lowest BCUT2D eigenvalue weighted by atomic mass is 9.87. The van der Waals surface area contributed by atoms with Gasteiger partial charge in [0.05, 0.1) is 20.3 Å². The zero-order valence-electron chi connectivity index (χ0n) is 14.7. The minimum atomic E-state index is -0.453. The molecule has 1 atom stereocenters. The van der Waals surface area contributed by atoms with Gasteiger partial charge in [0.1, 0.15) is 38.1 Å². The van der Waals surface area contributed by atoms with Crippen LogP contribution < -0.4 is 28.7 Å². The molecule has 23 heavy (non-hydrogen) atoms. The number of benzene rings is 1. The standard InChI is InChI=1S/C18H30NO3.HI/c1-18(2,3)15-5-7-17(8-6-15)22-14-16(20)13-19(4)9-11-21-12-10-19;/h5-8,16,20H,9-14H2,1-4H3;1H/q+1;/p-1. The number of hydrogen-bond donors (Lipinski definition) is 1. The van der Waals surface area contributed by atoms with Gasteiger partial charge in [-0.05, 0) is 23.1 Å². The monoisotopic (exact) mass is 435 g/mol. The van der Waals surface area contributed by atoms with Gasteiger partial charge in [0.25, 0.3) is 0 Å². The number of aliphatic hydroxyl groups is 1. The molecule has 1 unspecified atom stereocenters. The van der Waals surface area contributed by atoms with Crippen LogP contribution in [0.25, 0.3) is 0 Å². The van der Waals surface area contributed by atoms with Crippen LogP contribution in [0, 0.1) is 0 Å². The molecule has 0 radical (unpaired) electrons. The third kappa shape index (κ3) is 6.57. The lowest BCUT2D eigenvalue weighted by Crippen LogP contribution is -3.00. The van der Waals surface area contributed by atoms with Gasteiger partial charge in [-0.25, -0.2) is 0 Å². The van der Waals surface area contributed by atoms with E-state index in [4.69, 9.17) is 9.47 Å². The molecule has 1 fully saturated rings. The second-order valence-electron chi connectivity index (χ2n) is 7.60. The molecule has 0 aliphatic carbocycles. The number of likely N-dealkylation sites (N-methyl/N-ethyl adjacent to an activating group) is 1. The molecule has 0 amide bonds. The fourth-order valence-electron chi connectivity index (χ4n) is 2.77. The van der Waals surface area contributed by atoms with Crippen molar-refractivity contribution in [1.82, 2.24) is 0 Å². The molecule has 0 spiro atoms. The van der Waals surface area contributed by atoms with Gasteiger partial charge in [0.15, 0.2) is 0 Å². The topological polar surface area (TPSA) is 38.7 Å². The number of morpholine rings is 1. The van der Waals surface area contributed by atoms with Crippen LogP contribution in [0.5, 0.6) is 5.75 Å². The average Bonchev–Trinajstić information content (AvgIpc) is 2.45. The van der Waals surface area contributed by atoms with Gasteiger partial charge in [-0.1, -0.05) is 32.9 Å². The third-order valence-electron chi connectivity index (χ3n) is 4.37. The maximum atomic E-state index is 10.2. The Morgan fingerprint density at radius 3 is 2.26 bits per heavy atom. The Balaban J connectivity index is 0.00000264. The van der Waals surface area contributed by atoms with Gasteiger partial charge >= 0.3 is 0 Å². The molecule has 4 nitrogen and oxygen atoms in total. The number of quaternary nitrogens is 1. The summed E-state index contributed by atoms with van der Waals surface area (Å²) in [6.45, 7) is 11.1. The van der Waals surface area contributed by atoms with E-state index in [1.165, 1.54) is 5.56 Å². The minimum absolute atomic E-state index is 0. The number of nitrogens with zero attached hydrogens (tertiary/aromatic N) is 1. The van der Waals surface area contributed by atoms with E-state index < -0.39 is 6.10 Å². The molecule has 1 aliphatic rings. The first-order valence-electron chi connectivity index (χ1n) is 8.11. The summed E-state index contributed by atoms with van der Waals surface area (Å²) in [4.78, 5) is 0. The molecule has 2 rings (SSSR count). The molecule has 1 saturated heterocycles. The molecule has 132 valence electrons. The predicted octanol–water partition coefficient (Wildman–Crippen LogP) is -0.795. The van der Waals surface area contributed by atoms with Crippen molar-refractivity contribution in [1.29, 1.82) is 0 Å². The van der Waals surface area contributed by atoms with Crippen LogP contribution >= 0.6 is 0 Å². The van der Waals surface area contributed by atoms with E-state index >= 15 is 0 Å². The van der Waals surface area contributed by atoms with Crippen LogP contribution in [0.15, 0.2) is 24.3 Å². The summed E-state index contributed by atoms with van der Waals surface area (Å²) in [5.41, 5.74) is 1.43. The van der Waals surface area contributed by atoms with Crippen LogP contribution in [-0.4, -0.2) is 62.2 Å². The van der Waals surface area contributed by atoms with E-state index in [0.717, 1.165) is 36.5 Å². The number of rotatable bonds is 5. The SMILES string of the molecule is CC(C)(C)c1ccc(OCC(O)C[N+]2(C)CCOCC2)cc1.[I-]. The summed E-state index contributed by atoms with van der Waals surface area (Å²) in [7, 11) is 2.17. The fraction of sp³-hybridized carbons (Fsp3) is 0.667. The largest absolute Gasteiger partial charge is 1.00 e. The van der Waals surface area contributed by atoms with Crippen molar-refractivity contribution >= 4 is 0 Å². The molecule has 1 aromatic rings. The Kier molecular flexibility index (Phi) is 7.77. The highest BCUT2D eigenvalue weighted by Crippen LogP contribution is 2.24. The van der Waals surface area contributed by atoms with Gasteiger partial charge in [0.2, 0.25) is 0 Å². The number of hydrogen-bond acceptors (Lipinski definition) is 3. The van der Waals surface area contributed by atoms with E-state index in [1.807, 2.05) is 12.1 Å². The van der Waals surface area contributed by atoms with Crippen LogP contribution in [0.2, 0.25) is 0 Å².